The van der Waals surface area contributed by atoms with E-state index in [0.29, 0.717) is 13.1 Å². The van der Waals surface area contributed by atoms with Gasteiger partial charge in [0, 0.05) is 31.5 Å². The number of aliphatic hydroxyl groups excluding tert-OH is 1. The van der Waals surface area contributed by atoms with Crippen LogP contribution in [0.4, 0.5) is 0 Å². The molecule has 2 rings (SSSR count). The molecule has 2 N–H and O–H groups in total. The summed E-state index contributed by atoms with van der Waals surface area (Å²) >= 11 is 0. The molecule has 98 valence electrons. The Hall–Kier alpha value is -1.39. The van der Waals surface area contributed by atoms with Crippen LogP contribution in [0.25, 0.3) is 0 Å². The van der Waals surface area contributed by atoms with E-state index in [1.54, 1.807) is 6.92 Å². The number of carbonyl (C=O) groups is 1. The van der Waals surface area contributed by atoms with Gasteiger partial charge in [-0.3, -0.25) is 9.69 Å². The van der Waals surface area contributed by atoms with Crippen molar-refractivity contribution in [2.24, 2.45) is 5.92 Å². The van der Waals surface area contributed by atoms with Gasteiger partial charge in [-0.2, -0.15) is 0 Å². The highest BCUT2D eigenvalue weighted by Gasteiger charge is 2.37. The fourth-order valence-corrected chi connectivity index (χ4v) is 2.64. The molecule has 4 nitrogen and oxygen atoms in total. The molecule has 1 fully saturated rings. The highest BCUT2D eigenvalue weighted by atomic mass is 16.4. The second kappa shape index (κ2) is 5.50. The van der Waals surface area contributed by atoms with Gasteiger partial charge in [0.15, 0.2) is 0 Å². The van der Waals surface area contributed by atoms with Crippen molar-refractivity contribution in [3.05, 3.63) is 35.9 Å². The van der Waals surface area contributed by atoms with Crippen LogP contribution in [-0.4, -0.2) is 46.8 Å². The Morgan fingerprint density at radius 1 is 1.39 bits per heavy atom. The van der Waals surface area contributed by atoms with Crippen molar-refractivity contribution in [1.29, 1.82) is 0 Å². The molecule has 1 aliphatic rings. The third kappa shape index (κ3) is 2.54. The lowest BCUT2D eigenvalue weighted by Crippen LogP contribution is -2.37. The normalized spacial score (nSPS) is 26.1. The number of likely N-dealkylation sites (tertiary alicyclic amines) is 1. The number of aliphatic carboxylic acids is 1. The third-order valence-corrected chi connectivity index (χ3v) is 3.84. The van der Waals surface area contributed by atoms with Crippen LogP contribution in [0.1, 0.15) is 18.4 Å². The van der Waals surface area contributed by atoms with Gasteiger partial charge < -0.3 is 10.2 Å². The molecule has 0 spiro atoms. The molecule has 3 atom stereocenters. The summed E-state index contributed by atoms with van der Waals surface area (Å²) in [6, 6.07) is 9.52. The van der Waals surface area contributed by atoms with Crippen molar-refractivity contribution in [2.45, 2.75) is 18.9 Å². The van der Waals surface area contributed by atoms with Gasteiger partial charge >= 0.3 is 5.97 Å². The first-order valence-corrected chi connectivity index (χ1v) is 6.26. The number of aliphatic hydroxyl groups is 1. The summed E-state index contributed by atoms with van der Waals surface area (Å²) in [6.07, 6.45) is 0. The number of hydrogen-bond donors (Lipinski definition) is 2. The monoisotopic (exact) mass is 249 g/mol. The molecule has 1 aliphatic heterocycles. The minimum atomic E-state index is -0.805. The molecule has 0 radical (unpaired) electrons. The molecular formula is C14H19NO3. The summed E-state index contributed by atoms with van der Waals surface area (Å²) in [5.74, 6) is -0.465. The van der Waals surface area contributed by atoms with Crippen molar-refractivity contribution >= 4 is 5.97 Å². The van der Waals surface area contributed by atoms with E-state index in [9.17, 15) is 9.90 Å². The van der Waals surface area contributed by atoms with E-state index < -0.39 is 12.0 Å². The van der Waals surface area contributed by atoms with Crippen molar-refractivity contribution in [2.75, 3.05) is 19.7 Å². The molecule has 1 aromatic rings. The van der Waals surface area contributed by atoms with Crippen molar-refractivity contribution < 1.29 is 15.0 Å². The van der Waals surface area contributed by atoms with Gasteiger partial charge in [0.2, 0.25) is 0 Å². The Morgan fingerprint density at radius 3 is 2.61 bits per heavy atom. The van der Waals surface area contributed by atoms with Gasteiger partial charge in [-0.25, -0.2) is 0 Å². The molecule has 3 unspecified atom stereocenters. The Kier molecular flexibility index (Phi) is 3.99. The van der Waals surface area contributed by atoms with Crippen LogP contribution in [0.2, 0.25) is 0 Å². The summed E-state index contributed by atoms with van der Waals surface area (Å²) < 4.78 is 0. The number of rotatable bonds is 4. The first-order valence-electron chi connectivity index (χ1n) is 6.26. The minimum absolute atomic E-state index is 0.0996. The van der Waals surface area contributed by atoms with E-state index in [1.807, 2.05) is 35.2 Å². The van der Waals surface area contributed by atoms with E-state index in [1.165, 1.54) is 5.56 Å². The molecule has 0 saturated carbocycles. The van der Waals surface area contributed by atoms with Crippen LogP contribution in [0.3, 0.4) is 0 Å². The average molecular weight is 249 g/mol. The SMILES string of the molecule is CC(C(=O)O)N1CC(CO)C(c2ccccc2)C1. The van der Waals surface area contributed by atoms with Crippen LogP contribution in [0.15, 0.2) is 30.3 Å². The first-order chi connectivity index (χ1) is 8.63. The second-order valence-corrected chi connectivity index (χ2v) is 4.93. The summed E-state index contributed by atoms with van der Waals surface area (Å²) in [6.45, 7) is 3.14. The van der Waals surface area contributed by atoms with Crippen LogP contribution < -0.4 is 0 Å². The molecule has 1 heterocycles. The van der Waals surface area contributed by atoms with Gasteiger partial charge in [-0.05, 0) is 12.5 Å². The van der Waals surface area contributed by atoms with Crippen molar-refractivity contribution in [3.63, 3.8) is 0 Å². The fourth-order valence-electron chi connectivity index (χ4n) is 2.64. The second-order valence-electron chi connectivity index (χ2n) is 4.93. The Morgan fingerprint density at radius 2 is 2.06 bits per heavy atom. The standard InChI is InChI=1S/C14H19NO3/c1-10(14(17)18)15-7-12(9-16)13(8-15)11-5-3-2-4-6-11/h2-6,10,12-13,16H,7-9H2,1H3,(H,17,18). The Bertz CT molecular complexity index is 407. The van der Waals surface area contributed by atoms with Crippen LogP contribution in [-0.2, 0) is 4.79 Å². The maximum absolute atomic E-state index is 11.0. The van der Waals surface area contributed by atoms with Crippen LogP contribution in [0, 0.1) is 5.92 Å². The summed E-state index contributed by atoms with van der Waals surface area (Å²) in [7, 11) is 0. The zero-order valence-electron chi connectivity index (χ0n) is 10.5. The lowest BCUT2D eigenvalue weighted by molar-refractivity contribution is -0.142. The molecule has 4 heteroatoms. The number of hydrogen-bond acceptors (Lipinski definition) is 3. The maximum Gasteiger partial charge on any atom is 0.320 e. The number of carboxylic acids is 1. The summed E-state index contributed by atoms with van der Waals surface area (Å²) in [5, 5.41) is 18.5. The van der Waals surface area contributed by atoms with E-state index in [-0.39, 0.29) is 18.4 Å². The molecule has 0 amide bonds. The molecule has 0 bridgehead atoms. The topological polar surface area (TPSA) is 60.8 Å². The summed E-state index contributed by atoms with van der Waals surface area (Å²) in [4.78, 5) is 13.0. The Labute approximate surface area is 107 Å². The number of carboxylic acid groups (broad SMARTS) is 1. The van der Waals surface area contributed by atoms with E-state index >= 15 is 0 Å². The quantitative estimate of drug-likeness (QED) is 0.841. The highest BCUT2D eigenvalue weighted by molar-refractivity contribution is 5.73. The van der Waals surface area contributed by atoms with Gasteiger partial charge in [-0.15, -0.1) is 0 Å². The molecule has 1 saturated heterocycles. The number of benzene rings is 1. The fraction of sp³-hybridized carbons (Fsp3) is 0.500. The van der Waals surface area contributed by atoms with Gasteiger partial charge in [0.25, 0.3) is 0 Å². The summed E-state index contributed by atoms with van der Waals surface area (Å²) in [5.41, 5.74) is 1.18. The zero-order valence-corrected chi connectivity index (χ0v) is 10.5. The Balaban J connectivity index is 2.15. The highest BCUT2D eigenvalue weighted by Crippen LogP contribution is 2.33. The molecule has 18 heavy (non-hydrogen) atoms. The molecule has 0 aliphatic carbocycles. The van der Waals surface area contributed by atoms with Gasteiger partial charge in [0.1, 0.15) is 6.04 Å². The van der Waals surface area contributed by atoms with E-state index in [4.69, 9.17) is 5.11 Å². The predicted octanol–water partition coefficient (Wildman–Crippen LogP) is 1.17. The van der Waals surface area contributed by atoms with Gasteiger partial charge in [0.05, 0.1) is 0 Å². The lowest BCUT2D eigenvalue weighted by Gasteiger charge is -2.20. The average Bonchev–Trinajstić information content (AvgIpc) is 2.82. The van der Waals surface area contributed by atoms with E-state index in [2.05, 4.69) is 0 Å². The van der Waals surface area contributed by atoms with Crippen LogP contribution >= 0.6 is 0 Å². The maximum atomic E-state index is 11.0. The zero-order chi connectivity index (χ0) is 13.1. The smallest absolute Gasteiger partial charge is 0.320 e. The van der Waals surface area contributed by atoms with Crippen LogP contribution in [0.5, 0.6) is 0 Å². The third-order valence-electron chi connectivity index (χ3n) is 3.84. The lowest BCUT2D eigenvalue weighted by atomic mass is 9.90. The van der Waals surface area contributed by atoms with E-state index in [0.717, 1.165) is 0 Å². The molecule has 0 aromatic heterocycles. The van der Waals surface area contributed by atoms with Gasteiger partial charge in [-0.1, -0.05) is 30.3 Å². The molecule has 1 aromatic carbocycles. The van der Waals surface area contributed by atoms with Crippen molar-refractivity contribution in [3.8, 4) is 0 Å². The minimum Gasteiger partial charge on any atom is -0.480 e. The largest absolute Gasteiger partial charge is 0.480 e. The molecular weight excluding hydrogens is 230 g/mol. The first kappa shape index (κ1) is 13.1. The predicted molar refractivity (Wildman–Crippen MR) is 68.4 cm³/mol. The number of nitrogens with zero attached hydrogens (tertiary/aromatic N) is 1. The van der Waals surface area contributed by atoms with Crippen molar-refractivity contribution in [1.82, 2.24) is 4.90 Å².